The molecule has 85 heavy (non-hydrogen) atoms. The number of rotatable bonds is 39. The van der Waals surface area contributed by atoms with Crippen molar-refractivity contribution in [3.8, 4) is 5.75 Å². The molecule has 0 radical (unpaired) electrons. The van der Waals surface area contributed by atoms with Gasteiger partial charge in [0.15, 0.2) is 0 Å². The summed E-state index contributed by atoms with van der Waals surface area (Å²) in [6, 6.07) is 4.66. The van der Waals surface area contributed by atoms with Crippen LogP contribution in [0.2, 0.25) is 0 Å². The van der Waals surface area contributed by atoms with Crippen LogP contribution in [0, 0.1) is 17.8 Å². The molecule has 6 N–H and O–H groups in total. The third-order valence-corrected chi connectivity index (χ3v) is 15.6. The number of nitrogens with one attached hydrogen (secondary N) is 5. The topological polar surface area (TPSA) is 312 Å². The molecule has 2 aliphatic heterocycles. The van der Waals surface area contributed by atoms with Gasteiger partial charge in [-0.1, -0.05) is 73.4 Å². The van der Waals surface area contributed by atoms with E-state index >= 15 is 0 Å². The van der Waals surface area contributed by atoms with E-state index in [0.29, 0.717) is 48.9 Å². The van der Waals surface area contributed by atoms with Crippen LogP contribution < -0.4 is 26.8 Å². The molecule has 0 bridgehead atoms. The zero-order valence-electron chi connectivity index (χ0n) is 51.0. The van der Waals surface area contributed by atoms with Gasteiger partial charge < -0.3 is 54.5 Å². The van der Waals surface area contributed by atoms with Crippen molar-refractivity contribution in [2.75, 3.05) is 79.5 Å². The van der Waals surface area contributed by atoms with Gasteiger partial charge in [-0.2, -0.15) is 0 Å². The van der Waals surface area contributed by atoms with Crippen LogP contribution in [0.25, 0.3) is 0 Å². The second-order valence-electron chi connectivity index (χ2n) is 21.9. The summed E-state index contributed by atoms with van der Waals surface area (Å²) in [5.74, 6) is -4.18. The van der Waals surface area contributed by atoms with E-state index in [4.69, 9.17) is 33.5 Å². The van der Waals surface area contributed by atoms with Gasteiger partial charge in [0, 0.05) is 75.2 Å². The lowest BCUT2D eigenvalue weighted by atomic mass is 9.92. The van der Waals surface area contributed by atoms with Crippen molar-refractivity contribution in [1.29, 1.82) is 0 Å². The van der Waals surface area contributed by atoms with Crippen molar-refractivity contribution in [1.82, 2.24) is 46.6 Å². The molecule has 0 spiro atoms. The third-order valence-electron chi connectivity index (χ3n) is 14.7. The standard InChI is InChI=1S/C59H93N9O16S/c1-9-25-67(58(77)53(40(6)11-3)63-56(76)46-15-12-13-26-66(46)8)47(39(4)5)37-48(82-27-10-2)57-62-45(38-85-57)55(75)61-43(36-42-18-20-44(69)21-19-42)35-41(7)54(74)64-65-59(78)83-34-33-81-32-31-80-30-29-79-28-24-60-49(70)16-14-17-52(73)84-68-50(71)22-23-51(68)72/h18-21,38-41,43,46-48,53,69H,9-17,22-37H2,1-8H3,(H,60,70)(H,61,75)(H,63,76)(H,64,74)(H,65,78)/t40-,41-,43+,46+,47+,48+,53-/m0/s1. The zero-order chi connectivity index (χ0) is 62.3. The van der Waals surface area contributed by atoms with Gasteiger partial charge in [0.2, 0.25) is 23.6 Å². The lowest BCUT2D eigenvalue weighted by Gasteiger charge is -2.40. The summed E-state index contributed by atoms with van der Waals surface area (Å²) >= 11 is 1.29. The molecule has 7 atom stereocenters. The van der Waals surface area contributed by atoms with Gasteiger partial charge in [-0.05, 0) is 88.1 Å². The van der Waals surface area contributed by atoms with E-state index in [2.05, 4.69) is 45.5 Å². The number of piperidine rings is 1. The summed E-state index contributed by atoms with van der Waals surface area (Å²) in [5.41, 5.74) is 5.57. The Bertz CT molecular complexity index is 2410. The molecule has 0 unspecified atom stereocenters. The maximum Gasteiger partial charge on any atom is 0.426 e. The first-order chi connectivity index (χ1) is 40.8. The molecular weight excluding hydrogens is 1120 g/mol. The summed E-state index contributed by atoms with van der Waals surface area (Å²) in [5, 5.41) is 21.6. The van der Waals surface area contributed by atoms with Crippen molar-refractivity contribution >= 4 is 64.7 Å². The molecule has 476 valence electrons. The normalized spacial score (nSPS) is 16.6. The molecule has 2 fully saturated rings. The number of likely N-dealkylation sites (N-methyl/N-ethyl adjacent to an activating group) is 1. The smallest absolute Gasteiger partial charge is 0.426 e. The van der Waals surface area contributed by atoms with Crippen LogP contribution in [0.4, 0.5) is 4.79 Å². The Morgan fingerprint density at radius 1 is 0.812 bits per heavy atom. The van der Waals surface area contributed by atoms with Crippen molar-refractivity contribution in [3.63, 3.8) is 0 Å². The summed E-state index contributed by atoms with van der Waals surface area (Å²) in [4.78, 5) is 129. The summed E-state index contributed by atoms with van der Waals surface area (Å²) < 4.78 is 27.9. The van der Waals surface area contributed by atoms with Gasteiger partial charge in [0.1, 0.15) is 35.2 Å². The minimum atomic E-state index is -0.912. The summed E-state index contributed by atoms with van der Waals surface area (Å²) in [6.45, 7) is 17.0. The van der Waals surface area contributed by atoms with E-state index in [1.807, 2.05) is 39.6 Å². The minimum absolute atomic E-state index is 0.00163. The molecule has 3 heterocycles. The third kappa shape index (κ3) is 25.3. The number of hydrogen-bond donors (Lipinski definition) is 6. The summed E-state index contributed by atoms with van der Waals surface area (Å²) in [7, 11) is 1.96. The zero-order valence-corrected chi connectivity index (χ0v) is 51.8. The van der Waals surface area contributed by atoms with Crippen molar-refractivity contribution in [2.45, 2.75) is 169 Å². The van der Waals surface area contributed by atoms with Crippen LogP contribution in [-0.4, -0.2) is 182 Å². The van der Waals surface area contributed by atoms with Crippen LogP contribution >= 0.6 is 11.3 Å². The number of aromatic hydroxyl groups is 1. The van der Waals surface area contributed by atoms with E-state index in [-0.39, 0.29) is 144 Å². The predicted molar refractivity (Wildman–Crippen MR) is 314 cm³/mol. The maximum absolute atomic E-state index is 14.8. The average Bonchev–Trinajstić information content (AvgIpc) is 4.17. The molecule has 2 aliphatic rings. The molecule has 2 saturated heterocycles. The highest BCUT2D eigenvalue weighted by atomic mass is 32.1. The molecule has 4 rings (SSSR count). The highest BCUT2D eigenvalue weighted by Gasteiger charge is 2.39. The molecule has 8 amide bonds. The number of thiazole rings is 1. The SMILES string of the molecule is CCCO[C@H](C[C@H](C(C)C)N(CCC)C(=O)[C@@H](NC(=O)[C@H]1CCCCN1C)[C@@H](C)CC)c1nc(C(=O)N[C@@H](Cc2ccc(O)cc2)C[C@H](C)C(=O)NNC(=O)OCCOCCOCCOCCNC(=O)CCCC(=O)ON2C(=O)CCC2=O)cs1. The number of imide groups is 1. The van der Waals surface area contributed by atoms with E-state index in [9.17, 15) is 48.3 Å². The first-order valence-corrected chi connectivity index (χ1v) is 30.9. The number of carbonyl (C=O) groups excluding carboxylic acids is 9. The molecule has 1 aromatic carbocycles. The van der Waals surface area contributed by atoms with Gasteiger partial charge >= 0.3 is 12.1 Å². The van der Waals surface area contributed by atoms with Crippen LogP contribution in [-0.2, 0) is 68.5 Å². The van der Waals surface area contributed by atoms with Gasteiger partial charge in [-0.15, -0.1) is 16.4 Å². The molecule has 26 heteroatoms. The van der Waals surface area contributed by atoms with Crippen LogP contribution in [0.1, 0.15) is 159 Å². The van der Waals surface area contributed by atoms with Crippen molar-refractivity contribution in [3.05, 3.63) is 45.9 Å². The number of hydrogen-bond acceptors (Lipinski definition) is 19. The first kappa shape index (κ1) is 71.2. The number of benzene rings is 1. The Labute approximate surface area is 503 Å². The number of ether oxygens (including phenoxy) is 5. The number of phenolic OH excluding ortho intramolecular Hbond substituents is 1. The number of carbonyl (C=O) groups is 9. The van der Waals surface area contributed by atoms with E-state index in [1.54, 1.807) is 24.4 Å². The fourth-order valence-corrected chi connectivity index (χ4v) is 10.5. The van der Waals surface area contributed by atoms with Crippen molar-refractivity contribution in [2.24, 2.45) is 17.8 Å². The lowest BCUT2D eigenvalue weighted by molar-refractivity contribution is -0.197. The maximum atomic E-state index is 14.8. The van der Waals surface area contributed by atoms with Gasteiger partial charge in [0.25, 0.3) is 17.7 Å². The Hall–Kier alpha value is -6.32. The summed E-state index contributed by atoms with van der Waals surface area (Å²) in [6.07, 6.45) is 4.38. The number of hydroxylamine groups is 2. The molecular formula is C59H93N9O16S. The minimum Gasteiger partial charge on any atom is -0.508 e. The average molecular weight is 1220 g/mol. The molecule has 0 aliphatic carbocycles. The number of phenols is 1. The van der Waals surface area contributed by atoms with Gasteiger partial charge in [-0.3, -0.25) is 43.9 Å². The molecule has 0 saturated carbocycles. The second-order valence-corrected chi connectivity index (χ2v) is 22.8. The van der Waals surface area contributed by atoms with E-state index in [0.717, 1.165) is 37.8 Å². The van der Waals surface area contributed by atoms with Crippen LogP contribution in [0.15, 0.2) is 29.6 Å². The Morgan fingerprint density at radius 2 is 1.48 bits per heavy atom. The molecule has 25 nitrogen and oxygen atoms in total. The Morgan fingerprint density at radius 3 is 2.12 bits per heavy atom. The second kappa shape index (κ2) is 38.7. The molecule has 1 aromatic heterocycles. The predicted octanol–water partition coefficient (Wildman–Crippen LogP) is 5.05. The number of hydrazine groups is 1. The van der Waals surface area contributed by atoms with Gasteiger partial charge in [0.05, 0.1) is 45.7 Å². The fraction of sp³-hybridized carbons (Fsp3) is 0.695. The molecule has 2 aromatic rings. The fourth-order valence-electron chi connectivity index (χ4n) is 9.68. The van der Waals surface area contributed by atoms with Crippen LogP contribution in [0.3, 0.4) is 0 Å². The lowest BCUT2D eigenvalue weighted by Crippen LogP contribution is -2.58. The van der Waals surface area contributed by atoms with E-state index in [1.165, 1.54) is 23.5 Å². The number of amides is 8. The number of likely N-dealkylation sites (tertiary alicyclic amines) is 1. The Balaban J connectivity index is 1.21. The highest BCUT2D eigenvalue weighted by molar-refractivity contribution is 7.09. The first-order valence-electron chi connectivity index (χ1n) is 30.0. The number of nitrogens with zero attached hydrogens (tertiary/aromatic N) is 4. The highest BCUT2D eigenvalue weighted by Crippen LogP contribution is 2.32. The number of aromatic nitrogens is 1. The van der Waals surface area contributed by atoms with Gasteiger partial charge in [-0.25, -0.2) is 20.0 Å². The van der Waals surface area contributed by atoms with Crippen molar-refractivity contribution < 1.29 is 76.8 Å². The largest absolute Gasteiger partial charge is 0.508 e. The van der Waals surface area contributed by atoms with E-state index < -0.39 is 59.8 Å². The Kier molecular flexibility index (Phi) is 32.4. The quantitative estimate of drug-likeness (QED) is 0.0290. The van der Waals surface area contributed by atoms with Crippen LogP contribution in [0.5, 0.6) is 5.75 Å². The monoisotopic (exact) mass is 1220 g/mol.